The van der Waals surface area contributed by atoms with Crippen molar-refractivity contribution >= 4 is 36.3 Å². The summed E-state index contributed by atoms with van der Waals surface area (Å²) in [5.74, 6) is -0.275. The molecule has 0 radical (unpaired) electrons. The van der Waals surface area contributed by atoms with E-state index in [-0.39, 0.29) is 5.56 Å². The summed E-state index contributed by atoms with van der Waals surface area (Å²) in [4.78, 5) is 14.5. The van der Waals surface area contributed by atoms with Gasteiger partial charge in [0.1, 0.15) is 5.15 Å². The summed E-state index contributed by atoms with van der Waals surface area (Å²) < 4.78 is 0. The van der Waals surface area contributed by atoms with Crippen LogP contribution in [0.5, 0.6) is 0 Å². The summed E-state index contributed by atoms with van der Waals surface area (Å²) in [5.41, 5.74) is 0.739. The highest BCUT2D eigenvalue weighted by atomic mass is 35.5. The van der Waals surface area contributed by atoms with Gasteiger partial charge in [-0.15, -0.1) is 0 Å². The van der Waals surface area contributed by atoms with Gasteiger partial charge in [-0.05, 0) is 18.2 Å². The number of halogens is 1. The monoisotopic (exact) mass is 243 g/mol. The molecule has 1 heterocycles. The molecule has 15 heavy (non-hydrogen) atoms. The first kappa shape index (κ1) is 12.1. The Morgan fingerprint density at radius 2 is 2.40 bits per heavy atom. The maximum atomic E-state index is 10.7. The third-order valence-electron chi connectivity index (χ3n) is 1.71. The van der Waals surface area contributed by atoms with Crippen LogP contribution < -0.4 is 0 Å². The predicted octanol–water partition coefficient (Wildman–Crippen LogP) is 2.77. The first-order chi connectivity index (χ1) is 7.15. The summed E-state index contributed by atoms with van der Waals surface area (Å²) >= 11 is 9.86. The maximum absolute atomic E-state index is 10.7. The molecule has 0 saturated carbocycles. The van der Waals surface area contributed by atoms with E-state index in [0.29, 0.717) is 10.7 Å². The van der Waals surface area contributed by atoms with Crippen LogP contribution in [0.2, 0.25) is 5.15 Å². The predicted molar refractivity (Wildman–Crippen MR) is 63.7 cm³/mol. The Labute approximate surface area is 98.2 Å². The molecule has 0 amide bonds. The van der Waals surface area contributed by atoms with Gasteiger partial charge in [-0.1, -0.05) is 23.8 Å². The number of allylic oxidation sites excluding steroid dienone is 1. The SMILES string of the molecule is O=C(O)c1cnc(Cl)c(C=CCCS)c1. The number of rotatable bonds is 4. The lowest BCUT2D eigenvalue weighted by atomic mass is 10.2. The number of aromatic carboxylic acids is 1. The minimum Gasteiger partial charge on any atom is -0.478 e. The van der Waals surface area contributed by atoms with Crippen LogP contribution in [0.25, 0.3) is 6.08 Å². The molecule has 0 aromatic carbocycles. The van der Waals surface area contributed by atoms with Crippen LogP contribution in [-0.4, -0.2) is 21.8 Å². The van der Waals surface area contributed by atoms with Crippen molar-refractivity contribution in [3.05, 3.63) is 34.6 Å². The molecular weight excluding hydrogens is 234 g/mol. The molecular formula is C10H10ClNO2S. The highest BCUT2D eigenvalue weighted by Gasteiger charge is 2.06. The molecule has 0 atom stereocenters. The third kappa shape index (κ3) is 3.57. The largest absolute Gasteiger partial charge is 0.478 e. The van der Waals surface area contributed by atoms with E-state index in [9.17, 15) is 4.79 Å². The number of carbonyl (C=O) groups is 1. The van der Waals surface area contributed by atoms with Crippen LogP contribution in [0.1, 0.15) is 22.3 Å². The number of pyridine rings is 1. The average molecular weight is 244 g/mol. The number of carboxylic acids is 1. The Bertz CT molecular complexity index is 393. The smallest absolute Gasteiger partial charge is 0.337 e. The second-order valence-corrected chi connectivity index (χ2v) is 3.63. The van der Waals surface area contributed by atoms with Crippen LogP contribution in [0.4, 0.5) is 0 Å². The van der Waals surface area contributed by atoms with Crippen LogP contribution in [-0.2, 0) is 0 Å². The molecule has 0 saturated heterocycles. The summed E-state index contributed by atoms with van der Waals surface area (Å²) in [6.07, 6.45) is 5.66. The molecule has 3 nitrogen and oxygen atoms in total. The number of nitrogens with zero attached hydrogens (tertiary/aromatic N) is 1. The summed E-state index contributed by atoms with van der Waals surface area (Å²) in [7, 11) is 0. The first-order valence-electron chi connectivity index (χ1n) is 4.31. The van der Waals surface area contributed by atoms with E-state index in [0.717, 1.165) is 12.2 Å². The van der Waals surface area contributed by atoms with Gasteiger partial charge in [0.2, 0.25) is 0 Å². The molecule has 1 N–H and O–H groups in total. The van der Waals surface area contributed by atoms with Gasteiger partial charge in [-0.25, -0.2) is 9.78 Å². The van der Waals surface area contributed by atoms with E-state index < -0.39 is 5.97 Å². The highest BCUT2D eigenvalue weighted by Crippen LogP contribution is 2.16. The second kappa shape index (κ2) is 5.78. The Morgan fingerprint density at radius 1 is 1.67 bits per heavy atom. The van der Waals surface area contributed by atoms with E-state index in [4.69, 9.17) is 16.7 Å². The molecule has 0 aliphatic rings. The van der Waals surface area contributed by atoms with Gasteiger partial charge in [-0.2, -0.15) is 12.6 Å². The van der Waals surface area contributed by atoms with Crippen molar-refractivity contribution in [1.82, 2.24) is 4.98 Å². The van der Waals surface area contributed by atoms with Crippen LogP contribution in [0, 0.1) is 0 Å². The summed E-state index contributed by atoms with van der Waals surface area (Å²) in [5, 5.41) is 9.05. The highest BCUT2D eigenvalue weighted by molar-refractivity contribution is 7.80. The number of aromatic nitrogens is 1. The Kier molecular flexibility index (Phi) is 4.65. The Balaban J connectivity index is 2.95. The molecule has 80 valence electrons. The normalized spacial score (nSPS) is 10.8. The fourth-order valence-corrected chi connectivity index (χ4v) is 1.30. The Hall–Kier alpha value is -1.00. The van der Waals surface area contributed by atoms with Gasteiger partial charge in [0, 0.05) is 11.8 Å². The fraction of sp³-hybridized carbons (Fsp3) is 0.200. The van der Waals surface area contributed by atoms with Crippen LogP contribution >= 0.6 is 24.2 Å². The second-order valence-electron chi connectivity index (χ2n) is 2.82. The molecule has 5 heteroatoms. The van der Waals surface area contributed by atoms with Gasteiger partial charge >= 0.3 is 5.97 Å². The van der Waals surface area contributed by atoms with Gasteiger partial charge < -0.3 is 5.11 Å². The third-order valence-corrected chi connectivity index (χ3v) is 2.28. The van der Waals surface area contributed by atoms with Crippen molar-refractivity contribution in [2.75, 3.05) is 5.75 Å². The van der Waals surface area contributed by atoms with Crippen molar-refractivity contribution in [2.45, 2.75) is 6.42 Å². The molecule has 0 unspecified atom stereocenters. The van der Waals surface area contributed by atoms with E-state index in [1.165, 1.54) is 12.3 Å². The molecule has 0 aliphatic heterocycles. The number of carboxylic acid groups (broad SMARTS) is 1. The minimum absolute atomic E-state index is 0.130. The zero-order valence-corrected chi connectivity index (χ0v) is 9.50. The van der Waals surface area contributed by atoms with Crippen molar-refractivity contribution in [2.24, 2.45) is 0 Å². The number of hydrogen-bond acceptors (Lipinski definition) is 3. The molecule has 1 aromatic rings. The fourth-order valence-electron chi connectivity index (χ4n) is 0.984. The minimum atomic E-state index is -1.01. The van der Waals surface area contributed by atoms with E-state index in [1.807, 2.05) is 6.08 Å². The summed E-state index contributed by atoms with van der Waals surface area (Å²) in [6, 6.07) is 1.49. The van der Waals surface area contributed by atoms with E-state index >= 15 is 0 Å². The van der Waals surface area contributed by atoms with E-state index in [1.54, 1.807) is 6.08 Å². The first-order valence-corrected chi connectivity index (χ1v) is 5.32. The van der Waals surface area contributed by atoms with Gasteiger partial charge in [0.15, 0.2) is 0 Å². The molecule has 1 aromatic heterocycles. The molecule has 0 spiro atoms. The standard InChI is InChI=1S/C10H10ClNO2S/c11-9-7(3-1-2-4-15)5-8(6-12-9)10(13)14/h1,3,5-6,15H,2,4H2,(H,13,14). The maximum Gasteiger partial charge on any atom is 0.337 e. The number of hydrogen-bond donors (Lipinski definition) is 2. The quantitative estimate of drug-likeness (QED) is 0.632. The van der Waals surface area contributed by atoms with Crippen molar-refractivity contribution in [3.8, 4) is 0 Å². The van der Waals surface area contributed by atoms with Crippen molar-refractivity contribution < 1.29 is 9.90 Å². The molecule has 0 bridgehead atoms. The topological polar surface area (TPSA) is 50.2 Å². The van der Waals surface area contributed by atoms with Crippen LogP contribution in [0.15, 0.2) is 18.3 Å². The van der Waals surface area contributed by atoms with Gasteiger partial charge in [-0.3, -0.25) is 0 Å². The van der Waals surface area contributed by atoms with Gasteiger partial charge in [0.05, 0.1) is 5.56 Å². The lowest BCUT2D eigenvalue weighted by Crippen LogP contribution is -1.98. The zero-order valence-electron chi connectivity index (χ0n) is 7.85. The Morgan fingerprint density at radius 3 is 3.00 bits per heavy atom. The van der Waals surface area contributed by atoms with Gasteiger partial charge in [0.25, 0.3) is 0 Å². The zero-order chi connectivity index (χ0) is 11.3. The van der Waals surface area contributed by atoms with Crippen molar-refractivity contribution in [3.63, 3.8) is 0 Å². The molecule has 0 fully saturated rings. The average Bonchev–Trinajstić information content (AvgIpc) is 2.20. The lowest BCUT2D eigenvalue weighted by Gasteiger charge is -1.99. The number of thiol groups is 1. The molecule has 0 aliphatic carbocycles. The van der Waals surface area contributed by atoms with Crippen LogP contribution in [0.3, 0.4) is 0 Å². The summed E-state index contributed by atoms with van der Waals surface area (Å²) in [6.45, 7) is 0. The molecule has 1 rings (SSSR count). The van der Waals surface area contributed by atoms with Crippen molar-refractivity contribution in [1.29, 1.82) is 0 Å². The lowest BCUT2D eigenvalue weighted by molar-refractivity contribution is 0.0696. The van der Waals surface area contributed by atoms with E-state index in [2.05, 4.69) is 17.6 Å².